The molecule has 0 aliphatic heterocycles. The Morgan fingerprint density at radius 1 is 1.11 bits per heavy atom. The number of hydrogen-bond donors (Lipinski definition) is 2. The van der Waals surface area contributed by atoms with Crippen LogP contribution in [0.1, 0.15) is 28.8 Å². The standard InChI is InChI=1S/C21H18N4O3/c26-19(23-18-3-1-2-16(12-18)21-25-22-13-28-21)11-6-14-4-7-15(8-5-14)20(27)24-17-9-10-17/h1-8,11-13,17H,9-10H2,(H,23,26)(H,24,27). The Bertz CT molecular complexity index is 1010. The zero-order valence-corrected chi connectivity index (χ0v) is 15.0. The van der Waals surface area contributed by atoms with Crippen molar-refractivity contribution in [3.05, 3.63) is 72.1 Å². The smallest absolute Gasteiger partial charge is 0.251 e. The number of rotatable bonds is 6. The predicted octanol–water partition coefficient (Wildman–Crippen LogP) is 3.28. The molecule has 140 valence electrons. The van der Waals surface area contributed by atoms with Crippen LogP contribution >= 0.6 is 0 Å². The van der Waals surface area contributed by atoms with E-state index in [0.717, 1.165) is 24.0 Å². The van der Waals surface area contributed by atoms with Crippen LogP contribution in [0, 0.1) is 0 Å². The van der Waals surface area contributed by atoms with Gasteiger partial charge in [0, 0.05) is 28.9 Å². The molecule has 1 aromatic heterocycles. The van der Waals surface area contributed by atoms with Crippen molar-refractivity contribution < 1.29 is 14.0 Å². The molecule has 0 bridgehead atoms. The maximum Gasteiger partial charge on any atom is 0.251 e. The molecule has 1 aliphatic rings. The third-order valence-corrected chi connectivity index (χ3v) is 4.25. The van der Waals surface area contributed by atoms with Gasteiger partial charge in [0.2, 0.25) is 18.2 Å². The van der Waals surface area contributed by atoms with Crippen molar-refractivity contribution >= 4 is 23.6 Å². The molecule has 0 spiro atoms. The van der Waals surface area contributed by atoms with E-state index in [4.69, 9.17) is 4.42 Å². The number of nitrogens with zero attached hydrogens (tertiary/aromatic N) is 2. The second-order valence-corrected chi connectivity index (χ2v) is 6.52. The topological polar surface area (TPSA) is 97.1 Å². The molecule has 0 saturated heterocycles. The number of carbonyl (C=O) groups is 2. The average molecular weight is 374 g/mol. The lowest BCUT2D eigenvalue weighted by Gasteiger charge is -2.04. The Balaban J connectivity index is 1.36. The summed E-state index contributed by atoms with van der Waals surface area (Å²) in [6.07, 6.45) is 6.50. The van der Waals surface area contributed by atoms with E-state index >= 15 is 0 Å². The minimum atomic E-state index is -0.266. The highest BCUT2D eigenvalue weighted by molar-refractivity contribution is 6.02. The van der Waals surface area contributed by atoms with Gasteiger partial charge in [-0.3, -0.25) is 9.59 Å². The number of amides is 2. The number of hydrogen-bond acceptors (Lipinski definition) is 5. The molecule has 0 atom stereocenters. The molecule has 2 N–H and O–H groups in total. The zero-order chi connectivity index (χ0) is 19.3. The quantitative estimate of drug-likeness (QED) is 0.646. The summed E-state index contributed by atoms with van der Waals surface area (Å²) >= 11 is 0. The van der Waals surface area contributed by atoms with Crippen LogP contribution in [0.15, 0.2) is 65.4 Å². The fourth-order valence-electron chi connectivity index (χ4n) is 2.63. The molecule has 2 amide bonds. The van der Waals surface area contributed by atoms with E-state index in [9.17, 15) is 9.59 Å². The van der Waals surface area contributed by atoms with Gasteiger partial charge in [-0.1, -0.05) is 18.2 Å². The molecule has 1 aliphatic carbocycles. The van der Waals surface area contributed by atoms with Gasteiger partial charge < -0.3 is 15.1 Å². The minimum Gasteiger partial charge on any atom is -0.423 e. The number of carbonyl (C=O) groups excluding carboxylic acids is 2. The van der Waals surface area contributed by atoms with Crippen LogP contribution in [-0.4, -0.2) is 28.1 Å². The van der Waals surface area contributed by atoms with Gasteiger partial charge in [-0.05, 0) is 54.8 Å². The average Bonchev–Trinajstić information content (AvgIpc) is 3.35. The molecule has 0 radical (unpaired) electrons. The molecule has 7 nitrogen and oxygen atoms in total. The SMILES string of the molecule is O=C(C=Cc1ccc(C(=O)NC2CC2)cc1)Nc1cccc(-c2nnco2)c1. The normalized spacial score (nSPS) is 13.4. The van der Waals surface area contributed by atoms with Crippen LogP contribution in [0.4, 0.5) is 5.69 Å². The Kier molecular flexibility index (Phi) is 4.97. The number of nitrogens with one attached hydrogen (secondary N) is 2. The summed E-state index contributed by atoms with van der Waals surface area (Å²) in [5, 5.41) is 13.2. The summed E-state index contributed by atoms with van der Waals surface area (Å²) < 4.78 is 5.16. The molecule has 28 heavy (non-hydrogen) atoms. The van der Waals surface area contributed by atoms with E-state index in [0.29, 0.717) is 23.2 Å². The lowest BCUT2D eigenvalue weighted by Crippen LogP contribution is -2.25. The fourth-order valence-corrected chi connectivity index (χ4v) is 2.63. The predicted molar refractivity (Wildman–Crippen MR) is 104 cm³/mol. The summed E-state index contributed by atoms with van der Waals surface area (Å²) in [6.45, 7) is 0. The van der Waals surface area contributed by atoms with Crippen molar-refractivity contribution in [2.24, 2.45) is 0 Å². The maximum atomic E-state index is 12.2. The van der Waals surface area contributed by atoms with E-state index < -0.39 is 0 Å². The first kappa shape index (κ1) is 17.7. The molecule has 0 unspecified atom stereocenters. The van der Waals surface area contributed by atoms with E-state index in [1.54, 1.807) is 36.4 Å². The molecule has 3 aromatic rings. The Hall–Kier alpha value is -3.74. The highest BCUT2D eigenvalue weighted by Gasteiger charge is 2.23. The van der Waals surface area contributed by atoms with Gasteiger partial charge in [-0.15, -0.1) is 10.2 Å². The van der Waals surface area contributed by atoms with Crippen molar-refractivity contribution in [1.29, 1.82) is 0 Å². The molecule has 1 fully saturated rings. The highest BCUT2D eigenvalue weighted by Crippen LogP contribution is 2.21. The first-order chi connectivity index (χ1) is 13.7. The van der Waals surface area contributed by atoms with Gasteiger partial charge in [-0.2, -0.15) is 0 Å². The summed E-state index contributed by atoms with van der Waals surface area (Å²) in [7, 11) is 0. The Morgan fingerprint density at radius 2 is 1.93 bits per heavy atom. The van der Waals surface area contributed by atoms with Crippen molar-refractivity contribution in [1.82, 2.24) is 15.5 Å². The highest BCUT2D eigenvalue weighted by atomic mass is 16.4. The van der Waals surface area contributed by atoms with Crippen LogP contribution in [0.25, 0.3) is 17.5 Å². The van der Waals surface area contributed by atoms with Gasteiger partial charge in [0.1, 0.15) is 0 Å². The molecule has 7 heteroatoms. The van der Waals surface area contributed by atoms with Crippen molar-refractivity contribution in [2.45, 2.75) is 18.9 Å². The van der Waals surface area contributed by atoms with Gasteiger partial charge in [0.25, 0.3) is 5.91 Å². The molecule has 1 saturated carbocycles. The summed E-state index contributed by atoms with van der Waals surface area (Å²) in [6, 6.07) is 14.6. The first-order valence-electron chi connectivity index (χ1n) is 8.94. The molecule has 2 aromatic carbocycles. The zero-order valence-electron chi connectivity index (χ0n) is 15.0. The van der Waals surface area contributed by atoms with Gasteiger partial charge >= 0.3 is 0 Å². The fraction of sp³-hybridized carbons (Fsp3) is 0.143. The number of benzene rings is 2. The van der Waals surface area contributed by atoms with Crippen LogP contribution < -0.4 is 10.6 Å². The number of anilines is 1. The monoisotopic (exact) mass is 374 g/mol. The van der Waals surface area contributed by atoms with Crippen LogP contribution in [0.5, 0.6) is 0 Å². The van der Waals surface area contributed by atoms with Gasteiger partial charge in [0.05, 0.1) is 0 Å². The van der Waals surface area contributed by atoms with Crippen molar-refractivity contribution in [3.8, 4) is 11.5 Å². The minimum absolute atomic E-state index is 0.0584. The molecular formula is C21H18N4O3. The third-order valence-electron chi connectivity index (χ3n) is 4.25. The van der Waals surface area contributed by atoms with E-state index in [2.05, 4.69) is 20.8 Å². The second kappa shape index (κ2) is 7.87. The lowest BCUT2D eigenvalue weighted by molar-refractivity contribution is -0.111. The van der Waals surface area contributed by atoms with Crippen LogP contribution in [0.3, 0.4) is 0 Å². The van der Waals surface area contributed by atoms with Gasteiger partial charge in [0.15, 0.2) is 0 Å². The van der Waals surface area contributed by atoms with Crippen LogP contribution in [-0.2, 0) is 4.79 Å². The molecule has 1 heterocycles. The maximum absolute atomic E-state index is 12.2. The Labute approximate surface area is 161 Å². The van der Waals surface area contributed by atoms with E-state index in [1.165, 1.54) is 12.5 Å². The van der Waals surface area contributed by atoms with Crippen molar-refractivity contribution in [2.75, 3.05) is 5.32 Å². The Morgan fingerprint density at radius 3 is 2.64 bits per heavy atom. The lowest BCUT2D eigenvalue weighted by atomic mass is 10.1. The van der Waals surface area contributed by atoms with Crippen molar-refractivity contribution in [3.63, 3.8) is 0 Å². The molecular weight excluding hydrogens is 356 g/mol. The largest absolute Gasteiger partial charge is 0.423 e. The first-order valence-corrected chi connectivity index (χ1v) is 8.94. The van der Waals surface area contributed by atoms with Gasteiger partial charge in [-0.25, -0.2) is 0 Å². The second-order valence-electron chi connectivity index (χ2n) is 6.52. The van der Waals surface area contributed by atoms with E-state index in [-0.39, 0.29) is 11.8 Å². The summed E-state index contributed by atoms with van der Waals surface area (Å²) in [5.74, 6) is 0.0626. The number of aromatic nitrogens is 2. The summed E-state index contributed by atoms with van der Waals surface area (Å²) in [5.41, 5.74) is 2.79. The summed E-state index contributed by atoms with van der Waals surface area (Å²) in [4.78, 5) is 24.2. The van der Waals surface area contributed by atoms with E-state index in [1.807, 2.05) is 18.2 Å². The van der Waals surface area contributed by atoms with Crippen LogP contribution in [0.2, 0.25) is 0 Å². The molecule has 4 rings (SSSR count). The third kappa shape index (κ3) is 4.50.